The molecular weight excluding hydrogens is 1060 g/mol. The summed E-state index contributed by atoms with van der Waals surface area (Å²) >= 11 is 0. The fourth-order valence-corrected chi connectivity index (χ4v) is 8.63. The van der Waals surface area contributed by atoms with Crippen molar-refractivity contribution in [2.45, 2.75) is 187 Å². The Hall–Kier alpha value is -6.86. The SMILES string of the molecule is CC(=O)OC[C@H]1O[C@@H](O[C@H]2[C@H](OC(C)=O)[C@@H]([C@@H]3C=C[C@H](O[C@@H]4O[C@H](COC(C)=O)[C@H](OC(C)=O)[C@H](OC(C)=O)[C@H]4OC(C)=O)[C@@H](COC(C)=O)O3)[C@@H](OC(C)=O)O[C@@H]2COC(C)=O)[C@H](OC(C)=O)[C@@H](OC(C)=O)[C@H]1OC(C)=O. The van der Waals surface area contributed by atoms with E-state index in [1.807, 2.05) is 0 Å². The van der Waals surface area contributed by atoms with E-state index in [-0.39, 0.29) is 0 Å². The smallest absolute Gasteiger partial charge is 0.304 e. The zero-order valence-corrected chi connectivity index (χ0v) is 44.6. The van der Waals surface area contributed by atoms with E-state index in [9.17, 15) is 57.5 Å². The first-order chi connectivity index (χ1) is 36.5. The molecule has 18 atom stereocenters. The largest absolute Gasteiger partial charge is 0.463 e. The van der Waals surface area contributed by atoms with Crippen LogP contribution < -0.4 is 0 Å². The summed E-state index contributed by atoms with van der Waals surface area (Å²) in [6, 6.07) is 0. The van der Waals surface area contributed by atoms with Gasteiger partial charge in [-0.25, -0.2) is 0 Å². The number of hydrogen-bond acceptors (Lipinski definition) is 30. The fraction of sp³-hybridized carbons (Fsp3) is 0.708. The molecule has 0 aliphatic carbocycles. The molecule has 4 aliphatic heterocycles. The number of esters is 12. The van der Waals surface area contributed by atoms with Crippen LogP contribution in [0.3, 0.4) is 0 Å². The Morgan fingerprint density at radius 1 is 0.295 bits per heavy atom. The molecule has 30 heteroatoms. The van der Waals surface area contributed by atoms with Crippen molar-refractivity contribution < 1.29 is 143 Å². The maximum absolute atomic E-state index is 13.3. The van der Waals surface area contributed by atoms with E-state index in [2.05, 4.69) is 0 Å². The van der Waals surface area contributed by atoms with Gasteiger partial charge in [-0.3, -0.25) is 57.5 Å². The van der Waals surface area contributed by atoms with Crippen LogP contribution in [0.5, 0.6) is 0 Å². The quantitative estimate of drug-likeness (QED) is 0.0772. The van der Waals surface area contributed by atoms with E-state index >= 15 is 0 Å². The van der Waals surface area contributed by atoms with Crippen LogP contribution in [0.25, 0.3) is 0 Å². The normalized spacial score (nSPS) is 32.3. The molecular formula is C48H64O30. The minimum absolute atomic E-state index is 0.621. The molecule has 0 aromatic heterocycles. The Bertz CT molecular complexity index is 2240. The molecule has 0 amide bonds. The third kappa shape index (κ3) is 19.0. The summed E-state index contributed by atoms with van der Waals surface area (Å²) in [7, 11) is 0. The highest BCUT2D eigenvalue weighted by molar-refractivity contribution is 5.71. The molecule has 3 fully saturated rings. The summed E-state index contributed by atoms with van der Waals surface area (Å²) in [6.07, 6.45) is -25.9. The molecule has 4 heterocycles. The van der Waals surface area contributed by atoms with Crippen LogP contribution in [-0.4, -0.2) is 202 Å². The van der Waals surface area contributed by atoms with Crippen molar-refractivity contribution in [1.29, 1.82) is 0 Å². The Kier molecular flexibility index (Phi) is 23.8. The minimum atomic E-state index is -1.98. The van der Waals surface area contributed by atoms with Crippen LogP contribution in [0.4, 0.5) is 0 Å². The van der Waals surface area contributed by atoms with Crippen LogP contribution >= 0.6 is 0 Å². The van der Waals surface area contributed by atoms with E-state index in [0.29, 0.717) is 0 Å². The van der Waals surface area contributed by atoms with Gasteiger partial charge in [0.05, 0.1) is 12.0 Å². The van der Waals surface area contributed by atoms with Crippen molar-refractivity contribution in [3.63, 3.8) is 0 Å². The first-order valence-electron chi connectivity index (χ1n) is 24.1. The summed E-state index contributed by atoms with van der Waals surface area (Å²) in [5.74, 6) is -12.7. The van der Waals surface area contributed by atoms with Crippen molar-refractivity contribution in [2.24, 2.45) is 5.92 Å². The molecule has 0 bridgehead atoms. The van der Waals surface area contributed by atoms with Crippen molar-refractivity contribution >= 4 is 71.6 Å². The number of carbonyl (C=O) groups is 12. The van der Waals surface area contributed by atoms with Gasteiger partial charge in [0, 0.05) is 83.1 Å². The Morgan fingerprint density at radius 3 is 0.974 bits per heavy atom. The highest BCUT2D eigenvalue weighted by Gasteiger charge is 2.60. The molecule has 0 aromatic rings. The summed E-state index contributed by atoms with van der Waals surface area (Å²) in [5.41, 5.74) is 0. The van der Waals surface area contributed by atoms with Gasteiger partial charge in [0.15, 0.2) is 49.2 Å². The molecule has 0 saturated carbocycles. The Labute approximate surface area is 445 Å². The molecule has 0 spiro atoms. The molecule has 0 radical (unpaired) electrons. The lowest BCUT2D eigenvalue weighted by Crippen LogP contribution is -2.67. The molecule has 0 aromatic carbocycles. The monoisotopic (exact) mass is 1120 g/mol. The van der Waals surface area contributed by atoms with Gasteiger partial charge >= 0.3 is 71.6 Å². The second-order valence-electron chi connectivity index (χ2n) is 17.8. The summed E-state index contributed by atoms with van der Waals surface area (Å²) < 4.78 is 104. The first kappa shape index (κ1) is 63.7. The minimum Gasteiger partial charge on any atom is -0.463 e. The predicted molar refractivity (Wildman–Crippen MR) is 244 cm³/mol. The molecule has 436 valence electrons. The van der Waals surface area contributed by atoms with Crippen molar-refractivity contribution in [2.75, 3.05) is 26.4 Å². The average molecular weight is 1120 g/mol. The highest BCUT2D eigenvalue weighted by Crippen LogP contribution is 2.41. The molecule has 30 nitrogen and oxygen atoms in total. The zero-order valence-electron chi connectivity index (χ0n) is 44.6. The molecule has 4 aliphatic rings. The summed E-state index contributed by atoms with van der Waals surface area (Å²) in [4.78, 5) is 150. The van der Waals surface area contributed by atoms with Crippen LogP contribution in [0.1, 0.15) is 83.1 Å². The van der Waals surface area contributed by atoms with Crippen LogP contribution in [0.15, 0.2) is 12.2 Å². The standard InChI is InChI=1S/C48H64O30/c1-19(49)61-15-33-31(74-47-44(70-28(10)58)42(68-26(8)56)39(65-23(5)53)35(76-47)17-63-21(3)51)13-14-32(73-33)37-41(67-25(7)55)38(34(16-62-20(2)50)75-46(37)72-30(12)60)78-48-45(71-29(11)59)43(69-27(9)57)40(66-24(6)54)36(77-48)18-64-22(4)52/h13-14,31-48H,15-18H2,1-12H3/t31-,32-,33+,34+,35+,36+,37+,38+,39-,40-,41+,42-,43-,44+,45+,46-,47+,48-/m0/s1. The van der Waals surface area contributed by atoms with Gasteiger partial charge in [0.1, 0.15) is 69.2 Å². The van der Waals surface area contributed by atoms with Crippen LogP contribution in [0.2, 0.25) is 0 Å². The molecule has 0 N–H and O–H groups in total. The van der Waals surface area contributed by atoms with Gasteiger partial charge in [0.2, 0.25) is 6.29 Å². The van der Waals surface area contributed by atoms with Gasteiger partial charge in [-0.2, -0.15) is 0 Å². The molecule has 0 unspecified atom stereocenters. The third-order valence-corrected chi connectivity index (χ3v) is 11.2. The van der Waals surface area contributed by atoms with E-state index in [0.717, 1.165) is 83.1 Å². The third-order valence-electron chi connectivity index (χ3n) is 11.2. The second-order valence-corrected chi connectivity index (χ2v) is 17.8. The van der Waals surface area contributed by atoms with E-state index in [1.165, 1.54) is 12.2 Å². The van der Waals surface area contributed by atoms with E-state index < -0.39 is 208 Å². The first-order valence-corrected chi connectivity index (χ1v) is 24.1. The van der Waals surface area contributed by atoms with E-state index in [4.69, 9.17) is 85.3 Å². The summed E-state index contributed by atoms with van der Waals surface area (Å²) in [6.45, 7) is 9.49. The van der Waals surface area contributed by atoms with Gasteiger partial charge in [-0.15, -0.1) is 0 Å². The zero-order chi connectivity index (χ0) is 58.3. The topological polar surface area (TPSA) is 371 Å². The molecule has 78 heavy (non-hydrogen) atoms. The lowest BCUT2D eigenvalue weighted by Gasteiger charge is -2.50. The number of carbonyl (C=O) groups excluding carboxylic acids is 12. The lowest BCUT2D eigenvalue weighted by molar-refractivity contribution is -0.358. The van der Waals surface area contributed by atoms with Gasteiger partial charge in [-0.1, -0.05) is 12.2 Å². The maximum atomic E-state index is 13.3. The van der Waals surface area contributed by atoms with Crippen molar-refractivity contribution in [3.05, 3.63) is 12.2 Å². The lowest BCUT2D eigenvalue weighted by atomic mass is 9.84. The fourth-order valence-electron chi connectivity index (χ4n) is 8.63. The molecule has 3 saturated heterocycles. The predicted octanol–water partition coefficient (Wildman–Crippen LogP) is -0.791. The second kappa shape index (κ2) is 29.2. The number of rotatable bonds is 21. The van der Waals surface area contributed by atoms with Crippen LogP contribution in [-0.2, 0) is 143 Å². The van der Waals surface area contributed by atoms with E-state index in [1.54, 1.807) is 0 Å². The van der Waals surface area contributed by atoms with Crippen molar-refractivity contribution in [3.8, 4) is 0 Å². The maximum Gasteiger partial charge on any atom is 0.304 e. The van der Waals surface area contributed by atoms with Gasteiger partial charge in [-0.05, 0) is 0 Å². The van der Waals surface area contributed by atoms with Gasteiger partial charge in [0.25, 0.3) is 0 Å². The molecule has 4 rings (SSSR count). The Balaban J connectivity index is 1.92. The van der Waals surface area contributed by atoms with Crippen molar-refractivity contribution in [1.82, 2.24) is 0 Å². The highest BCUT2D eigenvalue weighted by atomic mass is 16.8. The summed E-state index contributed by atoms with van der Waals surface area (Å²) in [5, 5.41) is 0. The number of hydrogen-bond donors (Lipinski definition) is 0. The number of ether oxygens (including phenoxy) is 18. The average Bonchev–Trinajstić information content (AvgIpc) is 3.31. The Morgan fingerprint density at radius 2 is 0.603 bits per heavy atom. The van der Waals surface area contributed by atoms with Gasteiger partial charge < -0.3 is 85.3 Å². The van der Waals surface area contributed by atoms with Crippen LogP contribution in [0, 0.1) is 5.92 Å².